The van der Waals surface area contributed by atoms with Gasteiger partial charge in [0.2, 0.25) is 0 Å². The molecule has 1 aromatic carbocycles. The first-order valence-electron chi connectivity index (χ1n) is 6.92. The molecule has 3 heteroatoms. The standard InChI is InChI=1S/C16H24N2O/c1-2-3-10-14(15(17)11-7-12-19)16(18)13-8-5-4-6-9-13/h4-6,8-9,12,16H,2-3,7,10-11,17-18H2,1H3/b15-14-. The largest absolute Gasteiger partial charge is 0.402 e. The lowest BCUT2D eigenvalue weighted by atomic mass is 9.92. The molecule has 4 N–H and O–H groups in total. The molecule has 0 heterocycles. The van der Waals surface area contributed by atoms with E-state index < -0.39 is 0 Å². The Labute approximate surface area is 115 Å². The average molecular weight is 260 g/mol. The number of rotatable bonds is 8. The molecule has 19 heavy (non-hydrogen) atoms. The zero-order valence-corrected chi connectivity index (χ0v) is 11.6. The van der Waals surface area contributed by atoms with Gasteiger partial charge in [0.15, 0.2) is 0 Å². The fourth-order valence-corrected chi connectivity index (χ4v) is 2.12. The Morgan fingerprint density at radius 3 is 2.53 bits per heavy atom. The molecule has 0 aliphatic rings. The molecule has 104 valence electrons. The second-order valence-electron chi connectivity index (χ2n) is 4.75. The van der Waals surface area contributed by atoms with Crippen molar-refractivity contribution >= 4 is 6.29 Å². The maximum absolute atomic E-state index is 10.5. The van der Waals surface area contributed by atoms with Crippen LogP contribution in [0.3, 0.4) is 0 Å². The fourth-order valence-electron chi connectivity index (χ4n) is 2.12. The van der Waals surface area contributed by atoms with Crippen molar-refractivity contribution < 1.29 is 4.79 Å². The van der Waals surface area contributed by atoms with Crippen LogP contribution in [0, 0.1) is 0 Å². The van der Waals surface area contributed by atoms with Crippen molar-refractivity contribution in [2.45, 2.75) is 45.1 Å². The lowest BCUT2D eigenvalue weighted by Gasteiger charge is -2.19. The second kappa shape index (κ2) is 8.48. The van der Waals surface area contributed by atoms with Gasteiger partial charge in [-0.25, -0.2) is 0 Å². The van der Waals surface area contributed by atoms with Crippen LogP contribution in [0.1, 0.15) is 50.6 Å². The number of hydrogen-bond donors (Lipinski definition) is 2. The molecule has 0 saturated carbocycles. The van der Waals surface area contributed by atoms with E-state index in [-0.39, 0.29) is 6.04 Å². The SMILES string of the molecule is CCCC/C(=C(/N)CCC=O)C(N)c1ccccc1. The molecular formula is C16H24N2O. The maximum Gasteiger partial charge on any atom is 0.120 e. The topological polar surface area (TPSA) is 69.1 Å². The molecule has 0 aliphatic carbocycles. The number of aldehydes is 1. The molecular weight excluding hydrogens is 236 g/mol. The summed E-state index contributed by atoms with van der Waals surface area (Å²) in [5.74, 6) is 0. The molecule has 0 aliphatic heterocycles. The van der Waals surface area contributed by atoms with E-state index in [1.54, 1.807) is 0 Å². The molecule has 0 radical (unpaired) electrons. The third-order valence-corrected chi connectivity index (χ3v) is 3.28. The minimum absolute atomic E-state index is 0.167. The van der Waals surface area contributed by atoms with E-state index in [0.717, 1.165) is 42.4 Å². The number of nitrogens with two attached hydrogens (primary N) is 2. The fraction of sp³-hybridized carbons (Fsp3) is 0.438. The molecule has 0 spiro atoms. The zero-order valence-electron chi connectivity index (χ0n) is 11.6. The van der Waals surface area contributed by atoms with Crippen LogP contribution in [0.4, 0.5) is 0 Å². The van der Waals surface area contributed by atoms with Gasteiger partial charge < -0.3 is 16.3 Å². The molecule has 0 bridgehead atoms. The van der Waals surface area contributed by atoms with E-state index in [1.807, 2.05) is 30.3 Å². The van der Waals surface area contributed by atoms with Gasteiger partial charge in [0.25, 0.3) is 0 Å². The molecule has 0 fully saturated rings. The number of carbonyl (C=O) groups excluding carboxylic acids is 1. The van der Waals surface area contributed by atoms with Crippen molar-refractivity contribution in [3.05, 3.63) is 47.2 Å². The molecule has 1 aromatic rings. The van der Waals surface area contributed by atoms with Crippen LogP contribution in [0.2, 0.25) is 0 Å². The summed E-state index contributed by atoms with van der Waals surface area (Å²) in [6.07, 6.45) is 5.03. The highest BCUT2D eigenvalue weighted by molar-refractivity contribution is 5.50. The van der Waals surface area contributed by atoms with Crippen LogP contribution < -0.4 is 11.5 Å². The van der Waals surface area contributed by atoms with Crippen LogP contribution in [0.25, 0.3) is 0 Å². The smallest absolute Gasteiger partial charge is 0.120 e. The third kappa shape index (κ3) is 4.87. The number of benzene rings is 1. The van der Waals surface area contributed by atoms with Crippen molar-refractivity contribution in [1.82, 2.24) is 0 Å². The minimum Gasteiger partial charge on any atom is -0.402 e. The molecule has 0 saturated heterocycles. The Morgan fingerprint density at radius 2 is 1.95 bits per heavy atom. The van der Waals surface area contributed by atoms with Gasteiger partial charge in [0.1, 0.15) is 6.29 Å². The summed E-state index contributed by atoms with van der Waals surface area (Å²) < 4.78 is 0. The first-order valence-corrected chi connectivity index (χ1v) is 6.92. The zero-order chi connectivity index (χ0) is 14.1. The van der Waals surface area contributed by atoms with Crippen LogP contribution >= 0.6 is 0 Å². The monoisotopic (exact) mass is 260 g/mol. The molecule has 0 aromatic heterocycles. The van der Waals surface area contributed by atoms with Crippen molar-refractivity contribution in [3.63, 3.8) is 0 Å². The van der Waals surface area contributed by atoms with E-state index >= 15 is 0 Å². The third-order valence-electron chi connectivity index (χ3n) is 3.28. The average Bonchev–Trinajstić information content (AvgIpc) is 2.46. The van der Waals surface area contributed by atoms with E-state index in [1.165, 1.54) is 0 Å². The predicted molar refractivity (Wildman–Crippen MR) is 79.4 cm³/mol. The molecule has 3 nitrogen and oxygen atoms in total. The lowest BCUT2D eigenvalue weighted by molar-refractivity contribution is -0.107. The Balaban J connectivity index is 2.92. The highest BCUT2D eigenvalue weighted by Gasteiger charge is 2.14. The van der Waals surface area contributed by atoms with Gasteiger partial charge in [-0.15, -0.1) is 0 Å². The maximum atomic E-state index is 10.5. The minimum atomic E-state index is -0.167. The Morgan fingerprint density at radius 1 is 1.26 bits per heavy atom. The first kappa shape index (κ1) is 15.4. The number of hydrogen-bond acceptors (Lipinski definition) is 3. The van der Waals surface area contributed by atoms with Gasteiger partial charge in [0, 0.05) is 12.1 Å². The Kier molecular flexibility index (Phi) is 6.90. The first-order chi connectivity index (χ1) is 9.20. The van der Waals surface area contributed by atoms with Crippen LogP contribution in [0.5, 0.6) is 0 Å². The summed E-state index contributed by atoms with van der Waals surface area (Å²) in [4.78, 5) is 10.5. The normalized spacial score (nSPS) is 13.8. The van der Waals surface area contributed by atoms with E-state index in [0.29, 0.717) is 12.8 Å². The van der Waals surface area contributed by atoms with E-state index in [9.17, 15) is 4.79 Å². The highest BCUT2D eigenvalue weighted by Crippen LogP contribution is 2.26. The van der Waals surface area contributed by atoms with E-state index in [2.05, 4.69) is 6.92 Å². The number of allylic oxidation sites excluding steroid dienone is 1. The molecule has 0 amide bonds. The second-order valence-corrected chi connectivity index (χ2v) is 4.75. The van der Waals surface area contributed by atoms with Crippen molar-refractivity contribution in [2.24, 2.45) is 11.5 Å². The van der Waals surface area contributed by atoms with Gasteiger partial charge in [0.05, 0.1) is 6.04 Å². The summed E-state index contributed by atoms with van der Waals surface area (Å²) in [7, 11) is 0. The van der Waals surface area contributed by atoms with Crippen LogP contribution in [-0.4, -0.2) is 6.29 Å². The summed E-state index contributed by atoms with van der Waals surface area (Å²) in [5.41, 5.74) is 15.4. The Hall–Kier alpha value is -1.61. The van der Waals surface area contributed by atoms with Gasteiger partial charge in [-0.1, -0.05) is 43.7 Å². The Bertz CT molecular complexity index is 412. The number of unbranched alkanes of at least 4 members (excludes halogenated alkanes) is 1. The highest BCUT2D eigenvalue weighted by atomic mass is 16.1. The van der Waals surface area contributed by atoms with Gasteiger partial charge in [-0.2, -0.15) is 0 Å². The van der Waals surface area contributed by atoms with Crippen molar-refractivity contribution in [3.8, 4) is 0 Å². The van der Waals surface area contributed by atoms with Gasteiger partial charge in [-0.3, -0.25) is 0 Å². The number of carbonyl (C=O) groups is 1. The predicted octanol–water partition coefficient (Wildman–Crippen LogP) is 3.07. The summed E-state index contributed by atoms with van der Waals surface area (Å²) in [6, 6.07) is 9.80. The quantitative estimate of drug-likeness (QED) is 0.706. The van der Waals surface area contributed by atoms with Gasteiger partial charge >= 0.3 is 0 Å². The lowest BCUT2D eigenvalue weighted by Crippen LogP contribution is -2.18. The molecule has 1 unspecified atom stereocenters. The summed E-state index contributed by atoms with van der Waals surface area (Å²) in [6.45, 7) is 2.15. The summed E-state index contributed by atoms with van der Waals surface area (Å²) in [5, 5.41) is 0. The van der Waals surface area contributed by atoms with Crippen molar-refractivity contribution in [2.75, 3.05) is 0 Å². The van der Waals surface area contributed by atoms with Crippen molar-refractivity contribution in [1.29, 1.82) is 0 Å². The van der Waals surface area contributed by atoms with Crippen LogP contribution in [-0.2, 0) is 4.79 Å². The van der Waals surface area contributed by atoms with Gasteiger partial charge in [-0.05, 0) is 30.4 Å². The van der Waals surface area contributed by atoms with E-state index in [4.69, 9.17) is 11.5 Å². The van der Waals surface area contributed by atoms with Crippen LogP contribution in [0.15, 0.2) is 41.6 Å². The molecule has 1 rings (SSSR count). The molecule has 1 atom stereocenters. The summed E-state index contributed by atoms with van der Waals surface area (Å²) >= 11 is 0.